The van der Waals surface area contributed by atoms with Crippen LogP contribution in [0.3, 0.4) is 0 Å². The molecule has 0 saturated heterocycles. The molecular weight excluding hydrogens is 198 g/mol. The molecule has 0 spiro atoms. The Morgan fingerprint density at radius 1 is 1.20 bits per heavy atom. The Balaban J connectivity index is 2.81. The van der Waals surface area contributed by atoms with E-state index in [1.54, 1.807) is 0 Å². The monoisotopic (exact) mass is 209 g/mol. The summed E-state index contributed by atoms with van der Waals surface area (Å²) in [5, 5.41) is 19.8. The second kappa shape index (κ2) is 4.68. The molecule has 5 nitrogen and oxygen atoms in total. The predicted molar refractivity (Wildman–Crippen MR) is 53.3 cm³/mol. The van der Waals surface area contributed by atoms with Gasteiger partial charge < -0.3 is 15.5 Å². The third kappa shape index (κ3) is 3.16. The van der Waals surface area contributed by atoms with Crippen molar-refractivity contribution in [3.05, 3.63) is 29.8 Å². The summed E-state index contributed by atoms with van der Waals surface area (Å²) in [4.78, 5) is 21.8. The van der Waals surface area contributed by atoms with Crippen molar-refractivity contribution in [2.75, 3.05) is 5.32 Å². The van der Waals surface area contributed by atoms with Crippen LogP contribution >= 0.6 is 0 Å². The number of carbonyl (C=O) groups is 2. The van der Waals surface area contributed by atoms with Gasteiger partial charge in [0.2, 0.25) is 18.0 Å². The summed E-state index contributed by atoms with van der Waals surface area (Å²) in [7, 11) is 0. The van der Waals surface area contributed by atoms with Gasteiger partial charge in [-0.1, -0.05) is 0 Å². The maximum Gasteiger partial charge on any atom is 0.221 e. The van der Waals surface area contributed by atoms with Crippen LogP contribution in [-0.4, -0.2) is 28.2 Å². The molecule has 0 aromatic heterocycles. The Labute approximate surface area is 86.4 Å². The molecule has 5 heteroatoms. The van der Waals surface area contributed by atoms with Gasteiger partial charge in [-0.3, -0.25) is 9.59 Å². The zero-order chi connectivity index (χ0) is 11.4. The topological polar surface area (TPSA) is 86.6 Å². The second-order valence-corrected chi connectivity index (χ2v) is 3.00. The highest BCUT2D eigenvalue weighted by Crippen LogP contribution is 2.10. The Hall–Kier alpha value is -1.72. The van der Waals surface area contributed by atoms with Crippen molar-refractivity contribution in [2.24, 2.45) is 0 Å². The lowest BCUT2D eigenvalue weighted by atomic mass is 10.1. The number of hydrogen-bond acceptors (Lipinski definition) is 4. The fraction of sp³-hybridized carbons (Fsp3) is 0.200. The van der Waals surface area contributed by atoms with E-state index >= 15 is 0 Å². The van der Waals surface area contributed by atoms with Gasteiger partial charge in [0.15, 0.2) is 0 Å². The van der Waals surface area contributed by atoms with E-state index in [9.17, 15) is 9.59 Å². The zero-order valence-corrected chi connectivity index (χ0v) is 8.10. The fourth-order valence-electron chi connectivity index (χ4n) is 1.07. The molecule has 0 aliphatic carbocycles. The van der Waals surface area contributed by atoms with Gasteiger partial charge in [0.1, 0.15) is 0 Å². The van der Waals surface area contributed by atoms with Gasteiger partial charge in [-0.05, 0) is 24.3 Å². The molecule has 0 radical (unpaired) electrons. The van der Waals surface area contributed by atoms with Gasteiger partial charge in [-0.2, -0.15) is 0 Å². The van der Waals surface area contributed by atoms with Crippen LogP contribution in [0, 0.1) is 0 Å². The molecular formula is C10H11NO4. The van der Waals surface area contributed by atoms with Crippen molar-refractivity contribution in [2.45, 2.75) is 13.2 Å². The number of ketones is 1. The van der Waals surface area contributed by atoms with Crippen LogP contribution in [-0.2, 0) is 4.79 Å². The molecule has 1 amide bonds. The van der Waals surface area contributed by atoms with Crippen molar-refractivity contribution in [1.82, 2.24) is 0 Å². The average molecular weight is 209 g/mol. The fourth-order valence-corrected chi connectivity index (χ4v) is 1.07. The van der Waals surface area contributed by atoms with Crippen molar-refractivity contribution >= 4 is 17.4 Å². The van der Waals surface area contributed by atoms with Crippen molar-refractivity contribution in [3.63, 3.8) is 0 Å². The van der Waals surface area contributed by atoms with Gasteiger partial charge in [0.25, 0.3) is 0 Å². The van der Waals surface area contributed by atoms with E-state index in [-0.39, 0.29) is 11.5 Å². The lowest BCUT2D eigenvalue weighted by molar-refractivity contribution is -0.114. The molecule has 0 fully saturated rings. The quantitative estimate of drug-likeness (QED) is 0.488. The summed E-state index contributed by atoms with van der Waals surface area (Å²) in [6.45, 7) is 1.37. The number of nitrogens with one attached hydrogen (secondary N) is 1. The van der Waals surface area contributed by atoms with Crippen molar-refractivity contribution < 1.29 is 19.8 Å². The normalized spacial score (nSPS) is 10.1. The maximum atomic E-state index is 11.1. The molecule has 0 atom stereocenters. The first-order chi connectivity index (χ1) is 7.00. The van der Waals surface area contributed by atoms with E-state index in [1.165, 1.54) is 31.2 Å². The molecule has 1 rings (SSSR count). The number of rotatable bonds is 3. The highest BCUT2D eigenvalue weighted by atomic mass is 16.5. The summed E-state index contributed by atoms with van der Waals surface area (Å²) >= 11 is 0. The van der Waals surface area contributed by atoms with Crippen LogP contribution in [0.4, 0.5) is 5.69 Å². The average Bonchev–Trinajstić information content (AvgIpc) is 2.17. The van der Waals surface area contributed by atoms with Crippen LogP contribution in [0.1, 0.15) is 17.3 Å². The predicted octanol–water partition coefficient (Wildman–Crippen LogP) is 0.138. The van der Waals surface area contributed by atoms with Crippen molar-refractivity contribution in [1.29, 1.82) is 0 Å². The molecule has 80 valence electrons. The van der Waals surface area contributed by atoms with E-state index in [4.69, 9.17) is 10.2 Å². The standard InChI is InChI=1S/C10H11NO4/c1-6(12)11-8-4-2-7(3-5-8)9(13)10(14)15/h2-5,10,14-15H,1H3,(H,11,12). The molecule has 15 heavy (non-hydrogen) atoms. The Morgan fingerprint density at radius 3 is 2.13 bits per heavy atom. The molecule has 1 aromatic carbocycles. The first kappa shape index (κ1) is 11.4. The molecule has 1 aromatic rings. The van der Waals surface area contributed by atoms with E-state index in [2.05, 4.69) is 5.32 Å². The van der Waals surface area contributed by atoms with Gasteiger partial charge in [0, 0.05) is 18.2 Å². The summed E-state index contributed by atoms with van der Waals surface area (Å²) in [5.41, 5.74) is 0.727. The third-order valence-electron chi connectivity index (χ3n) is 1.72. The number of amides is 1. The minimum atomic E-state index is -2.00. The summed E-state index contributed by atoms with van der Waals surface area (Å²) < 4.78 is 0. The molecule has 0 saturated carbocycles. The third-order valence-corrected chi connectivity index (χ3v) is 1.72. The highest BCUT2D eigenvalue weighted by Gasteiger charge is 2.13. The van der Waals surface area contributed by atoms with Gasteiger partial charge in [-0.25, -0.2) is 0 Å². The Morgan fingerprint density at radius 2 is 1.73 bits per heavy atom. The largest absolute Gasteiger partial charge is 0.362 e. The molecule has 0 aliphatic heterocycles. The number of carbonyl (C=O) groups excluding carboxylic acids is 2. The van der Waals surface area contributed by atoms with E-state index < -0.39 is 12.1 Å². The number of benzene rings is 1. The summed E-state index contributed by atoms with van der Waals surface area (Å²) in [6.07, 6.45) is -2.00. The van der Waals surface area contributed by atoms with Crippen molar-refractivity contribution in [3.8, 4) is 0 Å². The summed E-state index contributed by atoms with van der Waals surface area (Å²) in [5.74, 6) is -0.986. The van der Waals surface area contributed by atoms with Gasteiger partial charge in [-0.15, -0.1) is 0 Å². The molecule has 3 N–H and O–H groups in total. The SMILES string of the molecule is CC(=O)Nc1ccc(C(=O)C(O)O)cc1. The summed E-state index contributed by atoms with van der Waals surface area (Å²) in [6, 6.07) is 5.84. The lowest BCUT2D eigenvalue weighted by Crippen LogP contribution is -2.19. The molecule has 0 aliphatic rings. The maximum absolute atomic E-state index is 11.1. The molecule has 0 bridgehead atoms. The minimum Gasteiger partial charge on any atom is -0.362 e. The minimum absolute atomic E-state index is 0.180. The van der Waals surface area contributed by atoms with E-state index in [0.717, 1.165) is 0 Å². The van der Waals surface area contributed by atoms with Crippen LogP contribution in [0.25, 0.3) is 0 Å². The van der Waals surface area contributed by atoms with Crippen LogP contribution in [0.15, 0.2) is 24.3 Å². The van der Waals surface area contributed by atoms with Crippen LogP contribution < -0.4 is 5.32 Å². The highest BCUT2D eigenvalue weighted by molar-refractivity contribution is 5.99. The van der Waals surface area contributed by atoms with Gasteiger partial charge in [0.05, 0.1) is 0 Å². The first-order valence-corrected chi connectivity index (χ1v) is 4.28. The smallest absolute Gasteiger partial charge is 0.221 e. The first-order valence-electron chi connectivity index (χ1n) is 4.28. The lowest BCUT2D eigenvalue weighted by Gasteiger charge is -2.04. The van der Waals surface area contributed by atoms with Crippen LogP contribution in [0.2, 0.25) is 0 Å². The van der Waals surface area contributed by atoms with E-state index in [0.29, 0.717) is 5.69 Å². The number of Topliss-reactive ketones (excluding diaryl/α,β-unsaturated/α-hetero) is 1. The van der Waals surface area contributed by atoms with Gasteiger partial charge >= 0.3 is 0 Å². The number of aliphatic hydroxyl groups is 2. The second-order valence-electron chi connectivity index (χ2n) is 3.00. The molecule has 0 unspecified atom stereocenters. The van der Waals surface area contributed by atoms with Crippen LogP contribution in [0.5, 0.6) is 0 Å². The Bertz CT molecular complexity index is 370. The number of hydrogen-bond donors (Lipinski definition) is 3. The molecule has 0 heterocycles. The number of aliphatic hydroxyl groups excluding tert-OH is 1. The number of anilines is 1. The van der Waals surface area contributed by atoms with E-state index in [1.807, 2.05) is 0 Å². The zero-order valence-electron chi connectivity index (χ0n) is 8.10. The Kier molecular flexibility index (Phi) is 3.54.